The number of hydrogen-bond acceptors (Lipinski definition) is 6. The summed E-state index contributed by atoms with van der Waals surface area (Å²) in [7, 11) is -2.62. The Morgan fingerprint density at radius 3 is 2.26 bits per heavy atom. The van der Waals surface area contributed by atoms with Crippen molar-refractivity contribution < 1.29 is 22.3 Å². The quantitative estimate of drug-likeness (QED) is 0.422. The van der Waals surface area contributed by atoms with Gasteiger partial charge in [0.15, 0.2) is 0 Å². The van der Waals surface area contributed by atoms with Crippen molar-refractivity contribution in [1.82, 2.24) is 9.97 Å². The molecule has 0 atom stereocenters. The van der Waals surface area contributed by atoms with E-state index in [1.807, 2.05) is 13.8 Å². The summed E-state index contributed by atoms with van der Waals surface area (Å²) < 4.78 is 46.3. The fourth-order valence-corrected chi connectivity index (χ4v) is 4.32. The highest BCUT2D eigenvalue weighted by molar-refractivity contribution is 7.92. The van der Waals surface area contributed by atoms with Gasteiger partial charge >= 0.3 is 0 Å². The number of ether oxygens (including phenoxy) is 1. The first-order valence-corrected chi connectivity index (χ1v) is 11.7. The van der Waals surface area contributed by atoms with Crippen molar-refractivity contribution in [2.75, 3.05) is 17.1 Å². The zero-order valence-electron chi connectivity index (χ0n) is 18.6. The molecule has 2 N–H and O–H groups in total. The van der Waals surface area contributed by atoms with Crippen LogP contribution in [0.15, 0.2) is 65.6 Å². The third-order valence-corrected chi connectivity index (χ3v) is 6.54. The number of aryl methyl sites for hydroxylation is 2. The Morgan fingerprint density at radius 2 is 1.59 bits per heavy atom. The number of nitrogens with one attached hydrogen (secondary N) is 2. The predicted molar refractivity (Wildman–Crippen MR) is 127 cm³/mol. The molecule has 0 aliphatic rings. The molecule has 4 rings (SSSR count). The minimum absolute atomic E-state index is 0.111. The Hall–Kier alpha value is -4.05. The summed E-state index contributed by atoms with van der Waals surface area (Å²) in [6, 6.07) is 14.0. The number of carbonyl (C=O) groups is 1. The van der Waals surface area contributed by atoms with Crippen molar-refractivity contribution >= 4 is 38.3 Å². The van der Waals surface area contributed by atoms with Crippen molar-refractivity contribution in [2.45, 2.75) is 18.7 Å². The zero-order chi connectivity index (χ0) is 24.5. The molecule has 34 heavy (non-hydrogen) atoms. The Labute approximate surface area is 195 Å². The molecule has 10 heteroatoms. The molecule has 0 bridgehead atoms. The molecule has 1 aromatic heterocycles. The molecule has 174 valence electrons. The fraction of sp³-hybridized carbons (Fsp3) is 0.125. The molecule has 0 radical (unpaired) electrons. The van der Waals surface area contributed by atoms with Crippen LogP contribution in [0, 0.1) is 19.7 Å². The van der Waals surface area contributed by atoms with E-state index in [4.69, 9.17) is 4.74 Å². The van der Waals surface area contributed by atoms with Gasteiger partial charge in [-0.05, 0) is 74.5 Å². The lowest BCUT2D eigenvalue weighted by atomic mass is 10.1. The Kier molecular flexibility index (Phi) is 6.16. The second-order valence-corrected chi connectivity index (χ2v) is 9.21. The van der Waals surface area contributed by atoms with Gasteiger partial charge in [0.1, 0.15) is 11.6 Å². The summed E-state index contributed by atoms with van der Waals surface area (Å²) >= 11 is 0. The number of rotatable bonds is 6. The van der Waals surface area contributed by atoms with Gasteiger partial charge in [-0.2, -0.15) is 0 Å². The minimum atomic E-state index is -4.02. The number of benzene rings is 3. The van der Waals surface area contributed by atoms with Crippen LogP contribution >= 0.6 is 0 Å². The maximum absolute atomic E-state index is 13.2. The number of aromatic nitrogens is 2. The molecule has 1 heterocycles. The lowest BCUT2D eigenvalue weighted by Crippen LogP contribution is -2.15. The maximum atomic E-state index is 13.2. The molecule has 3 aromatic carbocycles. The first kappa shape index (κ1) is 23.1. The van der Waals surface area contributed by atoms with Crippen LogP contribution in [0.4, 0.5) is 15.8 Å². The van der Waals surface area contributed by atoms with Gasteiger partial charge in [0.25, 0.3) is 15.9 Å². The summed E-state index contributed by atoms with van der Waals surface area (Å²) in [5.41, 5.74) is 3.69. The van der Waals surface area contributed by atoms with E-state index in [-0.39, 0.29) is 16.3 Å². The number of amides is 1. The predicted octanol–water partition coefficient (Wildman–Crippen LogP) is 4.45. The molecule has 1 amide bonds. The summed E-state index contributed by atoms with van der Waals surface area (Å²) in [5, 5.41) is 2.75. The van der Waals surface area contributed by atoms with Gasteiger partial charge in [-0.3, -0.25) is 9.52 Å². The van der Waals surface area contributed by atoms with Gasteiger partial charge in [-0.1, -0.05) is 0 Å². The van der Waals surface area contributed by atoms with Crippen LogP contribution in [0.2, 0.25) is 0 Å². The van der Waals surface area contributed by atoms with Crippen LogP contribution in [-0.2, 0) is 10.0 Å². The lowest BCUT2D eigenvalue weighted by Gasteiger charge is -2.14. The van der Waals surface area contributed by atoms with Crippen LogP contribution in [0.25, 0.3) is 11.0 Å². The monoisotopic (exact) mass is 480 g/mol. The summed E-state index contributed by atoms with van der Waals surface area (Å²) in [4.78, 5) is 21.7. The Balaban J connectivity index is 1.60. The van der Waals surface area contributed by atoms with Crippen molar-refractivity contribution in [3.8, 4) is 5.75 Å². The van der Waals surface area contributed by atoms with Gasteiger partial charge in [-0.25, -0.2) is 22.8 Å². The smallest absolute Gasteiger partial charge is 0.262 e. The third-order valence-electron chi connectivity index (χ3n) is 5.16. The molecule has 8 nitrogen and oxygen atoms in total. The van der Waals surface area contributed by atoms with Crippen LogP contribution in [-0.4, -0.2) is 31.4 Å². The number of sulfonamides is 1. The number of halogens is 1. The third kappa shape index (κ3) is 4.81. The number of methoxy groups -OCH3 is 1. The molecule has 0 unspecified atom stereocenters. The van der Waals surface area contributed by atoms with Crippen molar-refractivity contribution in [3.05, 3.63) is 83.4 Å². The lowest BCUT2D eigenvalue weighted by molar-refractivity contribution is 0.102. The largest absolute Gasteiger partial charge is 0.495 e. The normalized spacial score (nSPS) is 11.3. The van der Waals surface area contributed by atoms with Crippen LogP contribution < -0.4 is 14.8 Å². The molecule has 0 aliphatic heterocycles. The SMILES string of the molecule is COc1ccc(NC(=O)c2ccc3nc(C)c(C)nc3c2)cc1NS(=O)(=O)c1ccc(F)cc1. The fourth-order valence-electron chi connectivity index (χ4n) is 3.26. The Bertz CT molecular complexity index is 1510. The Morgan fingerprint density at radius 1 is 0.912 bits per heavy atom. The van der Waals surface area contributed by atoms with Crippen molar-refractivity contribution in [1.29, 1.82) is 0 Å². The van der Waals surface area contributed by atoms with E-state index in [9.17, 15) is 17.6 Å². The summed E-state index contributed by atoms with van der Waals surface area (Å²) in [6.07, 6.45) is 0. The van der Waals surface area contributed by atoms with Crippen molar-refractivity contribution in [2.24, 2.45) is 0 Å². The second kappa shape index (κ2) is 9.06. The van der Waals surface area contributed by atoms with Gasteiger partial charge < -0.3 is 10.1 Å². The number of anilines is 2. The van der Waals surface area contributed by atoms with Gasteiger partial charge in [0.05, 0.1) is 40.1 Å². The highest BCUT2D eigenvalue weighted by atomic mass is 32.2. The van der Waals surface area contributed by atoms with Gasteiger partial charge in [0.2, 0.25) is 0 Å². The topological polar surface area (TPSA) is 110 Å². The minimum Gasteiger partial charge on any atom is -0.495 e. The van der Waals surface area contributed by atoms with Gasteiger partial charge in [-0.15, -0.1) is 0 Å². The average molecular weight is 481 g/mol. The molecular weight excluding hydrogens is 459 g/mol. The van der Waals surface area contributed by atoms with Crippen molar-refractivity contribution in [3.63, 3.8) is 0 Å². The standard InChI is InChI=1S/C24H21FN4O4S/c1-14-15(2)27-21-12-16(4-10-20(21)26-14)24(30)28-18-7-11-23(33-3)22(13-18)29-34(31,32)19-8-5-17(25)6-9-19/h4-13,29H,1-3H3,(H,28,30). The van der Waals surface area contributed by atoms with Crippen LogP contribution in [0.1, 0.15) is 21.7 Å². The molecule has 0 saturated carbocycles. The summed E-state index contributed by atoms with van der Waals surface area (Å²) in [5.74, 6) is -0.707. The zero-order valence-corrected chi connectivity index (χ0v) is 19.4. The highest BCUT2D eigenvalue weighted by Gasteiger charge is 2.18. The number of carbonyl (C=O) groups excluding carboxylic acids is 1. The van der Waals surface area contributed by atoms with Crippen LogP contribution in [0.5, 0.6) is 5.75 Å². The highest BCUT2D eigenvalue weighted by Crippen LogP contribution is 2.30. The molecule has 4 aromatic rings. The molecular formula is C24H21FN4O4S. The number of fused-ring (bicyclic) bond motifs is 1. The van der Waals surface area contributed by atoms with E-state index in [2.05, 4.69) is 20.0 Å². The molecule has 0 spiro atoms. The number of nitrogens with zero attached hydrogens (tertiary/aromatic N) is 2. The van der Waals surface area contributed by atoms with E-state index in [0.717, 1.165) is 35.7 Å². The van der Waals surface area contributed by atoms with E-state index in [1.165, 1.54) is 19.2 Å². The van der Waals surface area contributed by atoms with E-state index >= 15 is 0 Å². The van der Waals surface area contributed by atoms with Crippen LogP contribution in [0.3, 0.4) is 0 Å². The first-order valence-electron chi connectivity index (χ1n) is 10.2. The van der Waals surface area contributed by atoms with Gasteiger partial charge in [0, 0.05) is 11.3 Å². The van der Waals surface area contributed by atoms with E-state index in [1.54, 1.807) is 24.3 Å². The second-order valence-electron chi connectivity index (χ2n) is 7.53. The molecule has 0 saturated heterocycles. The van der Waals surface area contributed by atoms with E-state index < -0.39 is 21.7 Å². The average Bonchev–Trinajstić information content (AvgIpc) is 2.80. The maximum Gasteiger partial charge on any atom is 0.262 e. The first-order chi connectivity index (χ1) is 16.2. The molecule has 0 aliphatic carbocycles. The van der Waals surface area contributed by atoms with E-state index in [0.29, 0.717) is 22.3 Å². The number of hydrogen-bond donors (Lipinski definition) is 2. The summed E-state index contributed by atoms with van der Waals surface area (Å²) in [6.45, 7) is 3.72. The molecule has 0 fully saturated rings.